The Labute approximate surface area is 337 Å². The van der Waals surface area contributed by atoms with Crippen molar-refractivity contribution in [2.45, 2.75) is 51.9 Å². The van der Waals surface area contributed by atoms with Gasteiger partial charge in [0.1, 0.15) is 11.6 Å². The van der Waals surface area contributed by atoms with Crippen LogP contribution in [0.25, 0.3) is 72.7 Å². The number of rotatable bonds is 6. The minimum Gasteiger partial charge on any atom is -0.507 e. The second kappa shape index (κ2) is 14.9. The van der Waals surface area contributed by atoms with Crippen molar-refractivity contribution < 1.29 is 26.2 Å². The first-order valence-electron chi connectivity index (χ1n) is 18.9. The molecule has 0 bridgehead atoms. The molecule has 4 nitrogen and oxygen atoms in total. The summed E-state index contributed by atoms with van der Waals surface area (Å²) >= 11 is 0. The largest absolute Gasteiger partial charge is 0.507 e. The Bertz CT molecular complexity index is 2660. The van der Waals surface area contributed by atoms with E-state index in [9.17, 15) is 5.11 Å². The van der Waals surface area contributed by atoms with Gasteiger partial charge in [0.05, 0.1) is 22.3 Å². The zero-order valence-electron chi connectivity index (χ0n) is 31.3. The molecular formula is C50H42N3OPt-. The molecule has 1 aliphatic rings. The molecule has 2 aromatic heterocycles. The van der Waals surface area contributed by atoms with Crippen LogP contribution in [0.2, 0.25) is 0 Å². The molecule has 0 unspecified atom stereocenters. The Kier molecular flexibility index (Phi) is 9.88. The molecule has 0 fully saturated rings. The molecule has 1 aliphatic carbocycles. The molecule has 0 spiro atoms. The van der Waals surface area contributed by atoms with Gasteiger partial charge in [-0.2, -0.15) is 0 Å². The number of hydrogen-bond acceptors (Lipinski definition) is 3. The van der Waals surface area contributed by atoms with Gasteiger partial charge in [-0.15, -0.1) is 29.3 Å². The number of para-hydroxylation sites is 2. The summed E-state index contributed by atoms with van der Waals surface area (Å²) in [6.45, 7) is 6.74. The number of imidazole rings is 1. The molecule has 8 aromatic rings. The maximum atomic E-state index is 11.7. The van der Waals surface area contributed by atoms with E-state index in [0.29, 0.717) is 0 Å². The van der Waals surface area contributed by atoms with Crippen molar-refractivity contribution in [2.75, 3.05) is 0 Å². The Morgan fingerprint density at radius 1 is 0.618 bits per heavy atom. The van der Waals surface area contributed by atoms with E-state index in [1.54, 1.807) is 0 Å². The third kappa shape index (κ3) is 6.96. The van der Waals surface area contributed by atoms with Crippen LogP contribution in [0.3, 0.4) is 0 Å². The first-order chi connectivity index (χ1) is 26.3. The molecule has 0 amide bonds. The number of nitrogens with zero attached hydrogens (tertiary/aromatic N) is 3. The van der Waals surface area contributed by atoms with Crippen molar-refractivity contribution in [1.82, 2.24) is 14.5 Å². The molecule has 55 heavy (non-hydrogen) atoms. The second-order valence-corrected chi connectivity index (χ2v) is 15.4. The summed E-state index contributed by atoms with van der Waals surface area (Å²) in [5.74, 6) is 0.982. The van der Waals surface area contributed by atoms with E-state index in [-0.39, 0.29) is 32.2 Å². The van der Waals surface area contributed by atoms with Crippen LogP contribution in [0.15, 0.2) is 146 Å². The van der Waals surface area contributed by atoms with Crippen LogP contribution in [0.1, 0.15) is 50.3 Å². The topological polar surface area (TPSA) is 50.9 Å². The predicted molar refractivity (Wildman–Crippen MR) is 222 cm³/mol. The smallest absolute Gasteiger partial charge is 0.148 e. The molecule has 1 N–H and O–H groups in total. The quantitative estimate of drug-likeness (QED) is 0.169. The zero-order chi connectivity index (χ0) is 36.8. The Balaban J connectivity index is 0.00000427. The molecule has 5 heteroatoms. The van der Waals surface area contributed by atoms with E-state index in [4.69, 9.17) is 9.97 Å². The van der Waals surface area contributed by atoms with Crippen LogP contribution >= 0.6 is 0 Å². The minimum atomic E-state index is -0.127. The number of phenols is 1. The van der Waals surface area contributed by atoms with Gasteiger partial charge in [-0.25, -0.2) is 4.98 Å². The third-order valence-electron chi connectivity index (χ3n) is 10.8. The molecule has 0 saturated heterocycles. The van der Waals surface area contributed by atoms with E-state index in [1.807, 2.05) is 24.4 Å². The van der Waals surface area contributed by atoms with E-state index in [0.717, 1.165) is 98.4 Å². The monoisotopic (exact) mass is 895 g/mol. The average molecular weight is 896 g/mol. The molecular weight excluding hydrogens is 854 g/mol. The van der Waals surface area contributed by atoms with Gasteiger partial charge in [-0.3, -0.25) is 9.55 Å². The maximum absolute atomic E-state index is 11.7. The number of aryl methyl sites for hydroxylation is 2. The molecule has 6 aromatic carbocycles. The van der Waals surface area contributed by atoms with Gasteiger partial charge in [-0.05, 0) is 89.2 Å². The van der Waals surface area contributed by atoms with Gasteiger partial charge < -0.3 is 5.11 Å². The summed E-state index contributed by atoms with van der Waals surface area (Å²) in [6, 6.07) is 52.5. The fraction of sp³-hybridized carbons (Fsp3) is 0.160. The number of aromatic hydroxyl groups is 1. The number of pyridine rings is 1. The Hall–Kier alpha value is -5.57. The van der Waals surface area contributed by atoms with Gasteiger partial charge in [-0.1, -0.05) is 129 Å². The van der Waals surface area contributed by atoms with Crippen LogP contribution in [0.5, 0.6) is 5.75 Å². The number of hydrogen-bond donors (Lipinski definition) is 1. The predicted octanol–water partition coefficient (Wildman–Crippen LogP) is 12.4. The molecule has 9 rings (SSSR count). The molecule has 0 saturated carbocycles. The van der Waals surface area contributed by atoms with Gasteiger partial charge in [0.15, 0.2) is 0 Å². The van der Waals surface area contributed by atoms with Crippen LogP contribution in [-0.4, -0.2) is 19.6 Å². The molecule has 0 atom stereocenters. The van der Waals surface area contributed by atoms with Gasteiger partial charge in [0.25, 0.3) is 0 Å². The van der Waals surface area contributed by atoms with Crippen LogP contribution in [0, 0.1) is 6.07 Å². The van der Waals surface area contributed by atoms with Crippen molar-refractivity contribution in [3.05, 3.63) is 168 Å². The van der Waals surface area contributed by atoms with Crippen molar-refractivity contribution in [1.29, 1.82) is 0 Å². The zero-order valence-corrected chi connectivity index (χ0v) is 33.6. The number of phenolic OH excluding ortho intramolecular Hbond substituents is 1. The van der Waals surface area contributed by atoms with Gasteiger partial charge in [0.2, 0.25) is 0 Å². The Morgan fingerprint density at radius 3 is 2.02 bits per heavy atom. The molecule has 0 aliphatic heterocycles. The van der Waals surface area contributed by atoms with Crippen molar-refractivity contribution >= 4 is 11.0 Å². The minimum absolute atomic E-state index is 0. The van der Waals surface area contributed by atoms with Crippen molar-refractivity contribution in [3.63, 3.8) is 0 Å². The maximum Gasteiger partial charge on any atom is 0.148 e. The van der Waals surface area contributed by atoms with Gasteiger partial charge in [0, 0.05) is 38.5 Å². The van der Waals surface area contributed by atoms with E-state index >= 15 is 0 Å². The summed E-state index contributed by atoms with van der Waals surface area (Å²) in [4.78, 5) is 10.4. The molecule has 274 valence electrons. The average Bonchev–Trinajstić information content (AvgIpc) is 3.60. The third-order valence-corrected chi connectivity index (χ3v) is 10.8. The molecule has 2 heterocycles. The van der Waals surface area contributed by atoms with Crippen LogP contribution in [-0.2, 0) is 39.3 Å². The van der Waals surface area contributed by atoms with E-state index < -0.39 is 0 Å². The second-order valence-electron chi connectivity index (χ2n) is 15.4. The summed E-state index contributed by atoms with van der Waals surface area (Å²) in [7, 11) is 0. The fourth-order valence-electron chi connectivity index (χ4n) is 7.90. The number of aromatic nitrogens is 3. The van der Waals surface area contributed by atoms with Crippen LogP contribution in [0.4, 0.5) is 0 Å². The normalized spacial score (nSPS) is 12.6. The summed E-state index contributed by atoms with van der Waals surface area (Å²) in [5, 5.41) is 11.7. The fourth-order valence-corrected chi connectivity index (χ4v) is 7.90. The number of benzene rings is 6. The first-order valence-corrected chi connectivity index (χ1v) is 18.9. The number of fused-ring (bicyclic) bond motifs is 2. The standard InChI is InChI=1S/C50H42N3O.Pt/c1-50(2,3)40-28-38(27-39(29-40)44-31-37(25-26-51-44)33-15-6-4-7-16-33)42-22-14-24-46-48(42)52-49(43-30-35-19-10-11-20-36(35)32-47(43)54)53(46)45-23-13-12-21-41(45)34-17-8-5-9-18-34;/h4-9,12-18,21-26,28-32,54H,10-11,19-20H2,1-3H3;/q-1;. The summed E-state index contributed by atoms with van der Waals surface area (Å²) < 4.78 is 2.24. The SMILES string of the molecule is CC(C)(C)c1cc(-c2cc(-c3ccccc3)ccn2)[c-]c(-c2cccc3c2nc(-c2cc4c(cc2O)CCCC4)n3-c2ccccc2-c2ccccc2)c1.[Pt]. The molecule has 0 radical (unpaired) electrons. The summed E-state index contributed by atoms with van der Waals surface area (Å²) in [5.41, 5.74) is 15.4. The van der Waals surface area contributed by atoms with E-state index in [1.165, 1.54) is 16.7 Å². The van der Waals surface area contributed by atoms with E-state index in [2.05, 4.69) is 153 Å². The van der Waals surface area contributed by atoms with Crippen molar-refractivity contribution in [3.8, 4) is 67.5 Å². The van der Waals surface area contributed by atoms with Crippen molar-refractivity contribution in [2.24, 2.45) is 0 Å². The first kappa shape index (κ1) is 36.4. The Morgan fingerprint density at radius 2 is 1.27 bits per heavy atom. The van der Waals surface area contributed by atoms with Gasteiger partial charge >= 0.3 is 0 Å². The van der Waals surface area contributed by atoms with Crippen LogP contribution < -0.4 is 0 Å². The summed E-state index contributed by atoms with van der Waals surface area (Å²) in [6.07, 6.45) is 6.19.